The topological polar surface area (TPSA) is 92.4 Å². The molecule has 0 unspecified atom stereocenters. The fraction of sp³-hybridized carbons (Fsp3) is 0. The Labute approximate surface area is 93.5 Å². The number of anilines is 1. The fourth-order valence-corrected chi connectivity index (χ4v) is 1.77. The number of aromatic carboxylic acids is 1. The average Bonchev–Trinajstić information content (AvgIpc) is 2.87. The Morgan fingerprint density at radius 1 is 1.38 bits per heavy atom. The van der Waals surface area contributed by atoms with Crippen molar-refractivity contribution in [3.05, 3.63) is 35.0 Å². The molecule has 0 aliphatic carbocycles. The summed E-state index contributed by atoms with van der Waals surface area (Å²) in [5.74, 6) is -1.41. The first-order valence-corrected chi connectivity index (χ1v) is 5.03. The van der Waals surface area contributed by atoms with Crippen LogP contribution in [-0.2, 0) is 0 Å². The van der Waals surface area contributed by atoms with Crippen LogP contribution in [0.1, 0.15) is 20.2 Å². The van der Waals surface area contributed by atoms with Crippen molar-refractivity contribution in [2.75, 3.05) is 5.32 Å². The molecule has 2 heterocycles. The molecule has 82 valence electrons. The Kier molecular flexibility index (Phi) is 2.69. The number of nitrogens with one attached hydrogen (secondary N) is 1. The zero-order valence-corrected chi connectivity index (χ0v) is 8.65. The van der Waals surface area contributed by atoms with Crippen LogP contribution >= 0.6 is 11.3 Å². The molecule has 0 saturated heterocycles. The lowest BCUT2D eigenvalue weighted by Gasteiger charge is -1.96. The summed E-state index contributed by atoms with van der Waals surface area (Å²) in [7, 11) is 0. The normalized spacial score (nSPS) is 10.0. The summed E-state index contributed by atoms with van der Waals surface area (Å²) in [6.07, 6.45) is 1.35. The maximum Gasteiger partial charge on any atom is 0.345 e. The van der Waals surface area contributed by atoms with Crippen LogP contribution in [-0.4, -0.2) is 22.1 Å². The van der Waals surface area contributed by atoms with Gasteiger partial charge in [0.1, 0.15) is 4.88 Å². The SMILES string of the molecule is O=C(Nc1ccc(C(=O)O)s1)c1ccno1. The lowest BCUT2D eigenvalue weighted by atomic mass is 10.4. The number of carbonyl (C=O) groups is 2. The monoisotopic (exact) mass is 238 g/mol. The summed E-state index contributed by atoms with van der Waals surface area (Å²) >= 11 is 0.973. The highest BCUT2D eigenvalue weighted by Gasteiger charge is 2.12. The number of aromatic nitrogens is 1. The van der Waals surface area contributed by atoms with E-state index in [4.69, 9.17) is 5.11 Å². The quantitative estimate of drug-likeness (QED) is 0.848. The van der Waals surface area contributed by atoms with Crippen LogP contribution in [0.2, 0.25) is 0 Å². The number of thiophene rings is 1. The molecule has 2 N–H and O–H groups in total. The second kappa shape index (κ2) is 4.15. The van der Waals surface area contributed by atoms with Gasteiger partial charge >= 0.3 is 5.97 Å². The highest BCUT2D eigenvalue weighted by atomic mass is 32.1. The van der Waals surface area contributed by atoms with Gasteiger partial charge in [-0.25, -0.2) is 4.79 Å². The molecule has 0 aromatic carbocycles. The zero-order valence-electron chi connectivity index (χ0n) is 7.84. The van der Waals surface area contributed by atoms with E-state index in [-0.39, 0.29) is 10.6 Å². The number of nitrogens with zero attached hydrogens (tertiary/aromatic N) is 1. The van der Waals surface area contributed by atoms with Crippen molar-refractivity contribution in [2.45, 2.75) is 0 Å². The number of rotatable bonds is 3. The second-order valence-electron chi connectivity index (χ2n) is 2.80. The van der Waals surface area contributed by atoms with Crippen LogP contribution in [0.4, 0.5) is 5.00 Å². The molecule has 0 saturated carbocycles. The summed E-state index contributed by atoms with van der Waals surface area (Å²) in [5.41, 5.74) is 0. The minimum Gasteiger partial charge on any atom is -0.477 e. The minimum absolute atomic E-state index is 0.0743. The van der Waals surface area contributed by atoms with Crippen LogP contribution in [0.5, 0.6) is 0 Å². The highest BCUT2D eigenvalue weighted by molar-refractivity contribution is 7.18. The van der Waals surface area contributed by atoms with Gasteiger partial charge in [-0.3, -0.25) is 4.79 Å². The molecule has 16 heavy (non-hydrogen) atoms. The number of amides is 1. The first-order chi connectivity index (χ1) is 7.66. The van der Waals surface area contributed by atoms with Crippen LogP contribution in [0.3, 0.4) is 0 Å². The van der Waals surface area contributed by atoms with Crippen molar-refractivity contribution in [2.24, 2.45) is 0 Å². The molecular formula is C9H6N2O4S. The van der Waals surface area contributed by atoms with Gasteiger partial charge in [-0.15, -0.1) is 11.3 Å². The predicted octanol–water partition coefficient (Wildman–Crippen LogP) is 1.69. The molecule has 0 spiro atoms. The van der Waals surface area contributed by atoms with Crippen LogP contribution in [0.15, 0.2) is 28.9 Å². The predicted molar refractivity (Wildman–Crippen MR) is 55.7 cm³/mol. The molecule has 1 amide bonds. The van der Waals surface area contributed by atoms with Crippen molar-refractivity contribution in [1.29, 1.82) is 0 Å². The number of carbonyl (C=O) groups excluding carboxylic acids is 1. The summed E-state index contributed by atoms with van der Waals surface area (Å²) in [6.45, 7) is 0. The smallest absolute Gasteiger partial charge is 0.345 e. The van der Waals surface area contributed by atoms with E-state index >= 15 is 0 Å². The van der Waals surface area contributed by atoms with E-state index in [0.29, 0.717) is 5.00 Å². The molecule has 0 fully saturated rings. The highest BCUT2D eigenvalue weighted by Crippen LogP contribution is 2.22. The Balaban J connectivity index is 2.09. The molecule has 2 rings (SSSR count). The van der Waals surface area contributed by atoms with E-state index in [1.54, 1.807) is 0 Å². The third-order valence-corrected chi connectivity index (χ3v) is 2.70. The van der Waals surface area contributed by atoms with Crippen molar-refractivity contribution in [3.8, 4) is 0 Å². The summed E-state index contributed by atoms with van der Waals surface area (Å²) in [5, 5.41) is 15.0. The molecule has 0 bridgehead atoms. The number of hydrogen-bond donors (Lipinski definition) is 2. The first-order valence-electron chi connectivity index (χ1n) is 4.22. The molecular weight excluding hydrogens is 232 g/mol. The number of carboxylic acid groups (broad SMARTS) is 1. The number of carboxylic acids is 1. The fourth-order valence-electron chi connectivity index (χ4n) is 1.03. The van der Waals surface area contributed by atoms with E-state index in [0.717, 1.165) is 11.3 Å². The van der Waals surface area contributed by atoms with E-state index in [2.05, 4.69) is 15.0 Å². The van der Waals surface area contributed by atoms with Gasteiger partial charge in [-0.05, 0) is 12.1 Å². The summed E-state index contributed by atoms with van der Waals surface area (Å²) < 4.78 is 4.65. The third kappa shape index (κ3) is 2.09. The zero-order chi connectivity index (χ0) is 11.5. The van der Waals surface area contributed by atoms with Gasteiger partial charge in [-0.1, -0.05) is 5.16 Å². The van der Waals surface area contributed by atoms with Crippen LogP contribution in [0.25, 0.3) is 0 Å². The van der Waals surface area contributed by atoms with Gasteiger partial charge in [0, 0.05) is 6.07 Å². The van der Waals surface area contributed by atoms with Gasteiger partial charge in [0.05, 0.1) is 11.2 Å². The van der Waals surface area contributed by atoms with Crippen molar-refractivity contribution >= 4 is 28.2 Å². The van der Waals surface area contributed by atoms with Crippen molar-refractivity contribution in [3.63, 3.8) is 0 Å². The molecule has 0 atom stereocenters. The Morgan fingerprint density at radius 2 is 2.19 bits per heavy atom. The Morgan fingerprint density at radius 3 is 2.75 bits per heavy atom. The average molecular weight is 238 g/mol. The molecule has 2 aromatic rings. The van der Waals surface area contributed by atoms with E-state index in [1.165, 1.54) is 24.4 Å². The molecule has 0 aliphatic heterocycles. The van der Waals surface area contributed by atoms with Gasteiger partial charge in [0.25, 0.3) is 5.91 Å². The standard InChI is InChI=1S/C9H6N2O4S/c12-8(5-3-4-10-15-5)11-7-2-1-6(16-7)9(13)14/h1-4H,(H,11,12)(H,13,14). The lowest BCUT2D eigenvalue weighted by Crippen LogP contribution is -2.09. The Hall–Kier alpha value is -2.15. The van der Waals surface area contributed by atoms with E-state index < -0.39 is 11.9 Å². The van der Waals surface area contributed by atoms with Gasteiger partial charge in [0.2, 0.25) is 5.76 Å². The third-order valence-electron chi connectivity index (χ3n) is 1.72. The molecule has 0 radical (unpaired) electrons. The van der Waals surface area contributed by atoms with E-state index in [9.17, 15) is 9.59 Å². The van der Waals surface area contributed by atoms with E-state index in [1.807, 2.05) is 0 Å². The maximum atomic E-state index is 11.5. The van der Waals surface area contributed by atoms with Crippen LogP contribution in [0, 0.1) is 0 Å². The molecule has 0 aliphatic rings. The molecule has 7 heteroatoms. The van der Waals surface area contributed by atoms with Crippen molar-refractivity contribution in [1.82, 2.24) is 5.16 Å². The molecule has 6 nitrogen and oxygen atoms in total. The Bertz CT molecular complexity index is 517. The summed E-state index contributed by atoms with van der Waals surface area (Å²) in [6, 6.07) is 4.35. The lowest BCUT2D eigenvalue weighted by molar-refractivity contribution is 0.0702. The van der Waals surface area contributed by atoms with Gasteiger partial charge in [-0.2, -0.15) is 0 Å². The number of hydrogen-bond acceptors (Lipinski definition) is 5. The minimum atomic E-state index is -1.02. The maximum absolute atomic E-state index is 11.5. The second-order valence-corrected chi connectivity index (χ2v) is 3.88. The largest absolute Gasteiger partial charge is 0.477 e. The summed E-state index contributed by atoms with van der Waals surface area (Å²) in [4.78, 5) is 22.2. The van der Waals surface area contributed by atoms with Gasteiger partial charge in [0.15, 0.2) is 0 Å². The van der Waals surface area contributed by atoms with Gasteiger partial charge < -0.3 is 14.9 Å². The molecule has 2 aromatic heterocycles. The van der Waals surface area contributed by atoms with Crippen LogP contribution < -0.4 is 5.32 Å². The first kappa shape index (κ1) is 10.4. The van der Waals surface area contributed by atoms with Crippen molar-refractivity contribution < 1.29 is 19.2 Å².